The van der Waals surface area contributed by atoms with Crippen molar-refractivity contribution in [3.63, 3.8) is 0 Å². The molecule has 5 aliphatic carbocycles. The Hall–Kier alpha value is -0.160. The number of aliphatic hydroxyl groups is 3. The Labute approximate surface area is 207 Å². The molecule has 4 heteroatoms. The maximum Gasteiger partial charge on any atom is 0.0865 e. The molecule has 6 aliphatic rings. The van der Waals surface area contributed by atoms with Gasteiger partial charge in [-0.25, -0.2) is 0 Å². The Morgan fingerprint density at radius 3 is 2.06 bits per heavy atom. The van der Waals surface area contributed by atoms with E-state index in [1.807, 2.05) is 13.8 Å². The van der Waals surface area contributed by atoms with Crippen LogP contribution < -0.4 is 0 Å². The first kappa shape index (κ1) is 24.2. The normalized spacial score (nSPS) is 60.2. The molecule has 11 atom stereocenters. The molecule has 0 bridgehead atoms. The van der Waals surface area contributed by atoms with Gasteiger partial charge in [0.2, 0.25) is 0 Å². The minimum absolute atomic E-state index is 0.0172. The molecule has 0 aromatic carbocycles. The Morgan fingerprint density at radius 1 is 0.765 bits per heavy atom. The molecule has 0 radical (unpaired) electrons. The number of aliphatic hydroxyl groups excluding tert-OH is 2. The van der Waals surface area contributed by atoms with Crippen molar-refractivity contribution in [3.05, 3.63) is 0 Å². The molecular formula is C30H50O4. The fourth-order valence-corrected chi connectivity index (χ4v) is 12.1. The summed E-state index contributed by atoms with van der Waals surface area (Å²) in [4.78, 5) is 0. The van der Waals surface area contributed by atoms with Crippen LogP contribution >= 0.6 is 0 Å². The van der Waals surface area contributed by atoms with Crippen LogP contribution in [0.15, 0.2) is 0 Å². The van der Waals surface area contributed by atoms with Crippen molar-refractivity contribution in [3.8, 4) is 0 Å². The third kappa shape index (κ3) is 2.60. The molecule has 194 valence electrons. The van der Waals surface area contributed by atoms with Gasteiger partial charge in [0.25, 0.3) is 0 Å². The first-order valence-electron chi connectivity index (χ1n) is 14.3. The Kier molecular flexibility index (Phi) is 4.72. The Morgan fingerprint density at radius 2 is 1.41 bits per heavy atom. The lowest BCUT2D eigenvalue weighted by molar-refractivity contribution is -0.195. The maximum absolute atomic E-state index is 11.7. The molecule has 4 unspecified atom stereocenters. The predicted molar refractivity (Wildman–Crippen MR) is 133 cm³/mol. The minimum atomic E-state index is -0.848. The molecule has 1 saturated heterocycles. The monoisotopic (exact) mass is 474 g/mol. The van der Waals surface area contributed by atoms with Gasteiger partial charge < -0.3 is 20.1 Å². The Bertz CT molecular complexity index is 878. The molecule has 1 aliphatic heterocycles. The lowest BCUT2D eigenvalue weighted by atomic mass is 9.41. The first-order valence-corrected chi connectivity index (χ1v) is 14.3. The van der Waals surface area contributed by atoms with Gasteiger partial charge in [-0.3, -0.25) is 0 Å². The molecular weight excluding hydrogens is 424 g/mol. The molecule has 6 rings (SSSR count). The van der Waals surface area contributed by atoms with Crippen LogP contribution in [0.2, 0.25) is 0 Å². The number of hydrogen-bond donors (Lipinski definition) is 3. The summed E-state index contributed by atoms with van der Waals surface area (Å²) in [5, 5.41) is 33.3. The van der Waals surface area contributed by atoms with Crippen molar-refractivity contribution < 1.29 is 20.1 Å². The highest BCUT2D eigenvalue weighted by Gasteiger charge is 2.83. The summed E-state index contributed by atoms with van der Waals surface area (Å²) in [7, 11) is 0. The molecule has 6 fully saturated rings. The van der Waals surface area contributed by atoms with E-state index in [0.29, 0.717) is 22.7 Å². The molecule has 34 heavy (non-hydrogen) atoms. The first-order chi connectivity index (χ1) is 15.6. The lowest BCUT2D eigenvalue weighted by Crippen LogP contribution is -2.59. The van der Waals surface area contributed by atoms with Gasteiger partial charge in [0.1, 0.15) is 0 Å². The van der Waals surface area contributed by atoms with Crippen molar-refractivity contribution in [2.24, 2.45) is 44.8 Å². The number of rotatable bonds is 2. The standard InChI is InChI=1S/C30H50O4/c1-24(2)19-8-9-20-27(6)16-18(31)23(28(7)12-11-22(34-28)25(3,4)33)26(27,5)14-15-30(20)17-29(19,30)13-10-21(24)32/h18-23,31-33H,8-17H2,1-7H3/t18-,19?,20?,21+,22+,23?,26+,27-,28?,29+,30-/m0/s1. The molecule has 3 N–H and O–H groups in total. The summed E-state index contributed by atoms with van der Waals surface area (Å²) in [6, 6.07) is 0. The third-order valence-electron chi connectivity index (χ3n) is 13.8. The summed E-state index contributed by atoms with van der Waals surface area (Å²) >= 11 is 0. The van der Waals surface area contributed by atoms with Gasteiger partial charge in [-0.2, -0.15) is 0 Å². The largest absolute Gasteiger partial charge is 0.393 e. The molecule has 0 aromatic rings. The second kappa shape index (κ2) is 6.63. The quantitative estimate of drug-likeness (QED) is 0.497. The molecule has 1 heterocycles. The smallest absolute Gasteiger partial charge is 0.0865 e. The summed E-state index contributed by atoms with van der Waals surface area (Å²) in [6.45, 7) is 15.6. The zero-order valence-corrected chi connectivity index (χ0v) is 22.8. The summed E-state index contributed by atoms with van der Waals surface area (Å²) in [6.07, 6.45) is 10.5. The highest BCUT2D eigenvalue weighted by molar-refractivity contribution is 5.31. The topological polar surface area (TPSA) is 69.9 Å². The van der Waals surface area contributed by atoms with Crippen LogP contribution in [0.3, 0.4) is 0 Å². The third-order valence-corrected chi connectivity index (χ3v) is 13.8. The van der Waals surface area contributed by atoms with Crippen molar-refractivity contribution in [1.82, 2.24) is 0 Å². The minimum Gasteiger partial charge on any atom is -0.393 e. The summed E-state index contributed by atoms with van der Waals surface area (Å²) < 4.78 is 6.68. The van der Waals surface area contributed by atoms with Crippen molar-refractivity contribution in [2.45, 2.75) is 142 Å². The molecule has 0 aromatic heterocycles. The van der Waals surface area contributed by atoms with Crippen molar-refractivity contribution in [2.75, 3.05) is 0 Å². The SMILES string of the molecule is CC1(C2[C@@H](O)C[C@@]3(C)C4CCC5C(C)(C)[C@H](O)CC[C@@]56C[C@@]46CC[C@]23C)CC[C@H](C(C)(C)O)O1. The van der Waals surface area contributed by atoms with E-state index in [9.17, 15) is 15.3 Å². The fourth-order valence-electron chi connectivity index (χ4n) is 12.1. The highest BCUT2D eigenvalue weighted by atomic mass is 16.5. The van der Waals surface area contributed by atoms with Crippen molar-refractivity contribution in [1.29, 1.82) is 0 Å². The van der Waals surface area contributed by atoms with Crippen LogP contribution in [-0.4, -0.2) is 44.8 Å². The van der Waals surface area contributed by atoms with Gasteiger partial charge in [0, 0.05) is 5.92 Å². The van der Waals surface area contributed by atoms with E-state index >= 15 is 0 Å². The summed E-state index contributed by atoms with van der Waals surface area (Å²) in [5.41, 5.74) is -0.205. The number of fused-ring (bicyclic) bond motifs is 2. The van der Waals surface area contributed by atoms with E-state index in [0.717, 1.165) is 25.7 Å². The van der Waals surface area contributed by atoms with E-state index in [4.69, 9.17) is 4.74 Å². The van der Waals surface area contributed by atoms with Crippen LogP contribution in [0, 0.1) is 44.8 Å². The van der Waals surface area contributed by atoms with Gasteiger partial charge in [-0.1, -0.05) is 27.7 Å². The zero-order valence-electron chi connectivity index (χ0n) is 22.8. The number of hydrogen-bond acceptors (Lipinski definition) is 4. The summed E-state index contributed by atoms with van der Waals surface area (Å²) in [5.74, 6) is 1.42. The molecule has 5 saturated carbocycles. The highest BCUT2D eigenvalue weighted by Crippen LogP contribution is 2.89. The second-order valence-electron chi connectivity index (χ2n) is 15.7. The average molecular weight is 475 g/mol. The fraction of sp³-hybridized carbons (Fsp3) is 1.00. The van der Waals surface area contributed by atoms with E-state index in [-0.39, 0.29) is 46.1 Å². The van der Waals surface area contributed by atoms with Crippen LogP contribution in [-0.2, 0) is 4.74 Å². The van der Waals surface area contributed by atoms with E-state index < -0.39 is 5.60 Å². The van der Waals surface area contributed by atoms with E-state index in [2.05, 4.69) is 34.6 Å². The average Bonchev–Trinajstić information content (AvgIpc) is 3.11. The maximum atomic E-state index is 11.7. The number of ether oxygens (including phenoxy) is 1. The van der Waals surface area contributed by atoms with E-state index in [1.165, 1.54) is 38.5 Å². The zero-order chi connectivity index (χ0) is 24.7. The van der Waals surface area contributed by atoms with Gasteiger partial charge >= 0.3 is 0 Å². The lowest BCUT2D eigenvalue weighted by Gasteiger charge is -2.63. The van der Waals surface area contributed by atoms with Crippen LogP contribution in [0.1, 0.15) is 113 Å². The Balaban J connectivity index is 1.34. The second-order valence-corrected chi connectivity index (χ2v) is 15.7. The van der Waals surface area contributed by atoms with Crippen LogP contribution in [0.5, 0.6) is 0 Å². The van der Waals surface area contributed by atoms with Gasteiger partial charge in [-0.15, -0.1) is 0 Å². The van der Waals surface area contributed by atoms with E-state index in [1.54, 1.807) is 0 Å². The predicted octanol–water partition coefficient (Wildman–Crippen LogP) is 5.47. The van der Waals surface area contributed by atoms with Crippen LogP contribution in [0.4, 0.5) is 0 Å². The van der Waals surface area contributed by atoms with Gasteiger partial charge in [0.15, 0.2) is 0 Å². The molecule has 0 amide bonds. The van der Waals surface area contributed by atoms with Gasteiger partial charge in [0.05, 0.1) is 29.5 Å². The molecule has 4 nitrogen and oxygen atoms in total. The van der Waals surface area contributed by atoms with Crippen LogP contribution in [0.25, 0.3) is 0 Å². The van der Waals surface area contributed by atoms with Crippen molar-refractivity contribution >= 4 is 0 Å². The van der Waals surface area contributed by atoms with Gasteiger partial charge in [-0.05, 0) is 124 Å². The molecule has 2 spiro atoms.